The molecule has 2 nitrogen and oxygen atoms in total. The van der Waals surface area contributed by atoms with Gasteiger partial charge in [-0.3, -0.25) is 0 Å². The summed E-state index contributed by atoms with van der Waals surface area (Å²) in [5.74, 6) is 0. The molecule has 0 amide bonds. The van der Waals surface area contributed by atoms with Crippen molar-refractivity contribution in [2.45, 2.75) is 44.8 Å². The van der Waals surface area contributed by atoms with Crippen LogP contribution in [0.15, 0.2) is 0 Å². The van der Waals surface area contributed by atoms with Gasteiger partial charge in [-0.1, -0.05) is 6.92 Å². The molecule has 0 spiro atoms. The van der Waals surface area contributed by atoms with E-state index in [2.05, 4.69) is 12.2 Å². The quantitative estimate of drug-likeness (QED) is 0.615. The molecule has 0 aromatic carbocycles. The Kier molecular flexibility index (Phi) is 3.16. The molecule has 0 aromatic heterocycles. The van der Waals surface area contributed by atoms with Gasteiger partial charge in [-0.05, 0) is 32.2 Å². The van der Waals surface area contributed by atoms with Gasteiger partial charge >= 0.3 is 0 Å². The molecule has 2 heteroatoms. The molecule has 0 aromatic rings. The van der Waals surface area contributed by atoms with Gasteiger partial charge in [-0.15, -0.1) is 0 Å². The summed E-state index contributed by atoms with van der Waals surface area (Å²) >= 11 is 0. The third-order valence-corrected chi connectivity index (χ3v) is 2.14. The molecule has 0 bridgehead atoms. The maximum absolute atomic E-state index is 9.35. The monoisotopic (exact) mass is 143 g/mol. The van der Waals surface area contributed by atoms with Gasteiger partial charge in [0.25, 0.3) is 0 Å². The fraction of sp³-hybridized carbons (Fsp3) is 1.00. The Morgan fingerprint density at radius 1 is 1.50 bits per heavy atom. The van der Waals surface area contributed by atoms with Gasteiger partial charge in [-0.25, -0.2) is 0 Å². The van der Waals surface area contributed by atoms with Crippen LogP contribution in [-0.2, 0) is 0 Å². The first-order valence-corrected chi connectivity index (χ1v) is 4.26. The van der Waals surface area contributed by atoms with Crippen molar-refractivity contribution in [2.75, 3.05) is 6.54 Å². The standard InChI is InChI=1S/C8H17NO/c1-2-6-9-7-4-3-5-8(7)10/h7-10H,2-6H2,1H3/t7-,8-/m1/s1. The summed E-state index contributed by atoms with van der Waals surface area (Å²) in [6, 6.07) is 0.389. The third-order valence-electron chi connectivity index (χ3n) is 2.14. The van der Waals surface area contributed by atoms with E-state index in [1.165, 1.54) is 6.42 Å². The lowest BCUT2D eigenvalue weighted by atomic mass is 10.2. The number of hydrogen-bond donors (Lipinski definition) is 2. The van der Waals surface area contributed by atoms with Gasteiger partial charge in [0.15, 0.2) is 0 Å². The van der Waals surface area contributed by atoms with Crippen LogP contribution in [-0.4, -0.2) is 23.8 Å². The second-order valence-electron chi connectivity index (χ2n) is 3.06. The molecule has 1 saturated carbocycles. The van der Waals surface area contributed by atoms with Crippen molar-refractivity contribution >= 4 is 0 Å². The summed E-state index contributed by atoms with van der Waals surface area (Å²) in [5.41, 5.74) is 0. The molecular weight excluding hydrogens is 126 g/mol. The van der Waals surface area contributed by atoms with E-state index in [9.17, 15) is 5.11 Å². The van der Waals surface area contributed by atoms with Crippen molar-refractivity contribution in [3.8, 4) is 0 Å². The normalized spacial score (nSPS) is 33.0. The number of aliphatic hydroxyl groups excluding tert-OH is 1. The summed E-state index contributed by atoms with van der Waals surface area (Å²) in [6.07, 6.45) is 4.40. The Morgan fingerprint density at radius 3 is 2.80 bits per heavy atom. The van der Waals surface area contributed by atoms with E-state index in [0.29, 0.717) is 6.04 Å². The Labute approximate surface area is 62.6 Å². The molecule has 60 valence electrons. The summed E-state index contributed by atoms with van der Waals surface area (Å²) in [7, 11) is 0. The van der Waals surface area contributed by atoms with Crippen LogP contribution in [0.25, 0.3) is 0 Å². The Balaban J connectivity index is 2.14. The van der Waals surface area contributed by atoms with Gasteiger partial charge in [0.05, 0.1) is 6.10 Å². The maximum Gasteiger partial charge on any atom is 0.0693 e. The highest BCUT2D eigenvalue weighted by molar-refractivity contribution is 4.81. The first-order valence-electron chi connectivity index (χ1n) is 4.26. The molecule has 0 saturated heterocycles. The molecular formula is C8H17NO. The minimum absolute atomic E-state index is 0.0773. The predicted molar refractivity (Wildman–Crippen MR) is 41.9 cm³/mol. The molecule has 0 heterocycles. The number of rotatable bonds is 3. The zero-order valence-corrected chi connectivity index (χ0v) is 6.64. The minimum atomic E-state index is -0.0773. The SMILES string of the molecule is CCCN[C@@H]1CCC[C@H]1O. The molecule has 0 radical (unpaired) electrons. The van der Waals surface area contributed by atoms with E-state index in [-0.39, 0.29) is 6.10 Å². The second-order valence-corrected chi connectivity index (χ2v) is 3.06. The zero-order chi connectivity index (χ0) is 7.40. The summed E-state index contributed by atoms with van der Waals surface area (Å²) < 4.78 is 0. The Bertz CT molecular complexity index is 95.3. The first-order chi connectivity index (χ1) is 4.84. The van der Waals surface area contributed by atoms with Gasteiger partial charge in [0.2, 0.25) is 0 Å². The van der Waals surface area contributed by atoms with E-state index in [0.717, 1.165) is 25.8 Å². The lowest BCUT2D eigenvalue weighted by Crippen LogP contribution is -2.35. The van der Waals surface area contributed by atoms with E-state index in [4.69, 9.17) is 0 Å². The molecule has 0 unspecified atom stereocenters. The van der Waals surface area contributed by atoms with Crippen LogP contribution in [0, 0.1) is 0 Å². The van der Waals surface area contributed by atoms with Gasteiger partial charge in [-0.2, -0.15) is 0 Å². The highest BCUT2D eigenvalue weighted by Crippen LogP contribution is 2.18. The van der Waals surface area contributed by atoms with Crippen LogP contribution in [0.2, 0.25) is 0 Å². The topological polar surface area (TPSA) is 32.3 Å². The number of aliphatic hydroxyl groups is 1. The third kappa shape index (κ3) is 1.96. The molecule has 10 heavy (non-hydrogen) atoms. The fourth-order valence-corrected chi connectivity index (χ4v) is 1.51. The molecule has 1 rings (SSSR count). The molecule has 2 N–H and O–H groups in total. The first kappa shape index (κ1) is 8.02. The van der Waals surface area contributed by atoms with Crippen LogP contribution < -0.4 is 5.32 Å². The van der Waals surface area contributed by atoms with Crippen molar-refractivity contribution in [3.63, 3.8) is 0 Å². The molecule has 2 atom stereocenters. The van der Waals surface area contributed by atoms with Crippen molar-refractivity contribution in [2.24, 2.45) is 0 Å². The van der Waals surface area contributed by atoms with Gasteiger partial charge < -0.3 is 10.4 Å². The second kappa shape index (κ2) is 3.94. The summed E-state index contributed by atoms with van der Waals surface area (Å²) in [5, 5.41) is 12.7. The van der Waals surface area contributed by atoms with Crippen LogP contribution in [0.4, 0.5) is 0 Å². The lowest BCUT2D eigenvalue weighted by molar-refractivity contribution is 0.149. The Hall–Kier alpha value is -0.0800. The van der Waals surface area contributed by atoms with Crippen LogP contribution in [0.3, 0.4) is 0 Å². The minimum Gasteiger partial charge on any atom is -0.392 e. The van der Waals surface area contributed by atoms with E-state index >= 15 is 0 Å². The molecule has 1 fully saturated rings. The average Bonchev–Trinajstić information content (AvgIpc) is 2.31. The van der Waals surface area contributed by atoms with Crippen molar-refractivity contribution in [3.05, 3.63) is 0 Å². The highest BCUT2D eigenvalue weighted by Gasteiger charge is 2.23. The van der Waals surface area contributed by atoms with Gasteiger partial charge in [0.1, 0.15) is 0 Å². The predicted octanol–water partition coefficient (Wildman–Crippen LogP) is 0.899. The van der Waals surface area contributed by atoms with Crippen LogP contribution >= 0.6 is 0 Å². The largest absolute Gasteiger partial charge is 0.392 e. The van der Waals surface area contributed by atoms with Crippen molar-refractivity contribution in [1.82, 2.24) is 5.32 Å². The Morgan fingerprint density at radius 2 is 2.30 bits per heavy atom. The fourth-order valence-electron chi connectivity index (χ4n) is 1.51. The van der Waals surface area contributed by atoms with Crippen LogP contribution in [0.1, 0.15) is 32.6 Å². The molecule has 1 aliphatic carbocycles. The van der Waals surface area contributed by atoms with E-state index < -0.39 is 0 Å². The highest BCUT2D eigenvalue weighted by atomic mass is 16.3. The smallest absolute Gasteiger partial charge is 0.0693 e. The van der Waals surface area contributed by atoms with Crippen molar-refractivity contribution < 1.29 is 5.11 Å². The van der Waals surface area contributed by atoms with Crippen LogP contribution in [0.5, 0.6) is 0 Å². The van der Waals surface area contributed by atoms with E-state index in [1.807, 2.05) is 0 Å². The summed E-state index contributed by atoms with van der Waals surface area (Å²) in [6.45, 7) is 3.19. The molecule has 0 aliphatic heterocycles. The number of hydrogen-bond acceptors (Lipinski definition) is 2. The maximum atomic E-state index is 9.35. The molecule has 1 aliphatic rings. The van der Waals surface area contributed by atoms with E-state index in [1.54, 1.807) is 0 Å². The summed E-state index contributed by atoms with van der Waals surface area (Å²) in [4.78, 5) is 0. The zero-order valence-electron chi connectivity index (χ0n) is 6.64. The average molecular weight is 143 g/mol. The lowest BCUT2D eigenvalue weighted by Gasteiger charge is -2.15. The number of nitrogens with one attached hydrogen (secondary N) is 1. The van der Waals surface area contributed by atoms with Crippen molar-refractivity contribution in [1.29, 1.82) is 0 Å². The van der Waals surface area contributed by atoms with Gasteiger partial charge in [0, 0.05) is 6.04 Å².